The Morgan fingerprint density at radius 2 is 2.25 bits per heavy atom. The van der Waals surface area contributed by atoms with Gasteiger partial charge in [-0.25, -0.2) is 4.98 Å². The van der Waals surface area contributed by atoms with Crippen molar-refractivity contribution < 1.29 is 4.79 Å². The monoisotopic (exact) mass is 340 g/mol. The smallest absolute Gasteiger partial charge is 0.266 e. The summed E-state index contributed by atoms with van der Waals surface area (Å²) in [5, 5.41) is 10.6. The van der Waals surface area contributed by atoms with Crippen LogP contribution in [0.25, 0.3) is 21.1 Å². The number of aromatic amines is 1. The molecule has 0 amide bonds. The van der Waals surface area contributed by atoms with E-state index in [0.29, 0.717) is 11.9 Å². The number of aromatic nitrogens is 2. The molecule has 1 N–H and O–H groups in total. The molecule has 3 aromatic rings. The van der Waals surface area contributed by atoms with Gasteiger partial charge in [0, 0.05) is 5.39 Å². The molecule has 0 saturated heterocycles. The van der Waals surface area contributed by atoms with Crippen molar-refractivity contribution in [1.29, 1.82) is 5.26 Å². The van der Waals surface area contributed by atoms with Gasteiger partial charge >= 0.3 is 0 Å². The van der Waals surface area contributed by atoms with Crippen molar-refractivity contribution in [1.82, 2.24) is 14.9 Å². The fourth-order valence-corrected chi connectivity index (χ4v) is 3.65. The summed E-state index contributed by atoms with van der Waals surface area (Å²) < 4.78 is 0.935. The third-order valence-electron chi connectivity index (χ3n) is 3.89. The van der Waals surface area contributed by atoms with Gasteiger partial charge in [-0.05, 0) is 45.3 Å². The van der Waals surface area contributed by atoms with Gasteiger partial charge in [0.25, 0.3) is 5.56 Å². The number of pyridine rings is 1. The standard InChI is InChI=1S/C17H16N4O2S/c1-21(2)6-5-10(9-22)17-20-15-12-7-11(8-18)16(23)19-13(12)3-4-14(15)24-17/h3-4,7,9-10H,5-6H2,1-2H3,(H,19,23). The maximum atomic E-state index is 11.8. The molecule has 0 radical (unpaired) electrons. The van der Waals surface area contributed by atoms with Gasteiger partial charge in [0.15, 0.2) is 0 Å². The molecule has 122 valence electrons. The molecule has 0 aliphatic heterocycles. The molecule has 0 fully saturated rings. The molecule has 24 heavy (non-hydrogen) atoms. The van der Waals surface area contributed by atoms with Crippen LogP contribution in [-0.4, -0.2) is 41.8 Å². The summed E-state index contributed by atoms with van der Waals surface area (Å²) in [7, 11) is 3.93. The summed E-state index contributed by atoms with van der Waals surface area (Å²) in [6.45, 7) is 0.798. The molecule has 3 rings (SSSR count). The van der Waals surface area contributed by atoms with Crippen LogP contribution in [0.3, 0.4) is 0 Å². The van der Waals surface area contributed by atoms with Crippen molar-refractivity contribution in [2.75, 3.05) is 20.6 Å². The first-order valence-corrected chi connectivity index (χ1v) is 8.31. The summed E-state index contributed by atoms with van der Waals surface area (Å²) >= 11 is 1.48. The lowest BCUT2D eigenvalue weighted by atomic mass is 10.1. The van der Waals surface area contributed by atoms with Gasteiger partial charge in [0.1, 0.15) is 22.9 Å². The SMILES string of the molecule is CN(C)CCC(C=O)c1nc2c(ccc3[nH]c(=O)c(C#N)cc32)s1. The second-order valence-electron chi connectivity index (χ2n) is 5.88. The molecular weight excluding hydrogens is 324 g/mol. The van der Waals surface area contributed by atoms with Crippen LogP contribution in [0, 0.1) is 11.3 Å². The molecule has 1 atom stereocenters. The number of hydrogen-bond acceptors (Lipinski definition) is 6. The Labute approximate surface area is 142 Å². The molecule has 0 spiro atoms. The first kappa shape index (κ1) is 16.3. The van der Waals surface area contributed by atoms with Crippen LogP contribution in [0.15, 0.2) is 23.0 Å². The molecule has 1 unspecified atom stereocenters. The number of rotatable bonds is 5. The van der Waals surface area contributed by atoms with Crippen molar-refractivity contribution in [2.24, 2.45) is 0 Å². The molecule has 0 bridgehead atoms. The summed E-state index contributed by atoms with van der Waals surface area (Å²) in [5.74, 6) is -0.252. The number of carbonyl (C=O) groups excluding carboxylic acids is 1. The normalized spacial score (nSPS) is 12.6. The average Bonchev–Trinajstić information content (AvgIpc) is 2.98. The Balaban J connectivity index is 2.13. The molecule has 0 aliphatic carbocycles. The van der Waals surface area contributed by atoms with Crippen LogP contribution in [0.1, 0.15) is 22.9 Å². The van der Waals surface area contributed by atoms with E-state index < -0.39 is 5.56 Å². The number of nitriles is 1. The molecular formula is C17H16N4O2S. The highest BCUT2D eigenvalue weighted by molar-refractivity contribution is 7.18. The first-order valence-electron chi connectivity index (χ1n) is 7.50. The van der Waals surface area contributed by atoms with Crippen molar-refractivity contribution in [3.8, 4) is 6.07 Å². The molecule has 2 aromatic heterocycles. The van der Waals surface area contributed by atoms with Gasteiger partial charge < -0.3 is 14.7 Å². The molecule has 0 aliphatic rings. The zero-order valence-electron chi connectivity index (χ0n) is 13.4. The van der Waals surface area contributed by atoms with Gasteiger partial charge in [-0.15, -0.1) is 11.3 Å². The summed E-state index contributed by atoms with van der Waals surface area (Å²) in [6.07, 6.45) is 1.64. The number of H-pyrrole nitrogens is 1. The lowest BCUT2D eigenvalue weighted by Crippen LogP contribution is -2.16. The quantitative estimate of drug-likeness (QED) is 0.720. The number of thiazole rings is 1. The van der Waals surface area contributed by atoms with Gasteiger partial charge in [-0.3, -0.25) is 4.79 Å². The van der Waals surface area contributed by atoms with Crippen LogP contribution in [0.2, 0.25) is 0 Å². The minimum Gasteiger partial charge on any atom is -0.321 e. The highest BCUT2D eigenvalue weighted by Gasteiger charge is 2.17. The zero-order chi connectivity index (χ0) is 17.3. The van der Waals surface area contributed by atoms with Crippen LogP contribution < -0.4 is 5.56 Å². The van der Waals surface area contributed by atoms with E-state index in [0.717, 1.165) is 33.4 Å². The number of hydrogen-bond donors (Lipinski definition) is 1. The number of aldehydes is 1. The van der Waals surface area contributed by atoms with Crippen LogP contribution in [0.5, 0.6) is 0 Å². The van der Waals surface area contributed by atoms with Crippen LogP contribution in [0.4, 0.5) is 0 Å². The molecule has 7 heteroatoms. The second kappa shape index (κ2) is 6.51. The van der Waals surface area contributed by atoms with E-state index in [1.165, 1.54) is 11.3 Å². The predicted molar refractivity (Wildman–Crippen MR) is 94.4 cm³/mol. The Kier molecular flexibility index (Phi) is 4.42. The highest BCUT2D eigenvalue weighted by atomic mass is 32.1. The summed E-state index contributed by atoms with van der Waals surface area (Å²) in [5.41, 5.74) is 1.01. The summed E-state index contributed by atoms with van der Waals surface area (Å²) in [6, 6.07) is 7.15. The van der Waals surface area contributed by atoms with E-state index in [2.05, 4.69) is 9.97 Å². The third kappa shape index (κ3) is 2.94. The number of fused-ring (bicyclic) bond motifs is 3. The minimum absolute atomic E-state index is 0.0593. The van der Waals surface area contributed by atoms with Gasteiger partial charge in [0.2, 0.25) is 0 Å². The topological polar surface area (TPSA) is 89.8 Å². The largest absolute Gasteiger partial charge is 0.321 e. The van der Waals surface area contributed by atoms with E-state index in [1.54, 1.807) is 12.1 Å². The fourth-order valence-electron chi connectivity index (χ4n) is 2.57. The second-order valence-corrected chi connectivity index (χ2v) is 6.95. The average molecular weight is 340 g/mol. The minimum atomic E-state index is -0.406. The van der Waals surface area contributed by atoms with Gasteiger partial charge in [-0.1, -0.05) is 0 Å². The maximum absolute atomic E-state index is 11.8. The van der Waals surface area contributed by atoms with Crippen molar-refractivity contribution in [3.63, 3.8) is 0 Å². The lowest BCUT2D eigenvalue weighted by Gasteiger charge is -2.11. The Morgan fingerprint density at radius 3 is 2.92 bits per heavy atom. The Bertz CT molecular complexity index is 1010. The first-order chi connectivity index (χ1) is 11.5. The Morgan fingerprint density at radius 1 is 1.46 bits per heavy atom. The summed E-state index contributed by atoms with van der Waals surface area (Å²) in [4.78, 5) is 32.6. The zero-order valence-corrected chi connectivity index (χ0v) is 14.2. The van der Waals surface area contributed by atoms with Crippen LogP contribution >= 0.6 is 11.3 Å². The maximum Gasteiger partial charge on any atom is 0.266 e. The lowest BCUT2D eigenvalue weighted by molar-refractivity contribution is -0.109. The molecule has 0 saturated carbocycles. The number of benzene rings is 1. The highest BCUT2D eigenvalue weighted by Crippen LogP contribution is 2.32. The number of nitrogens with one attached hydrogen (secondary N) is 1. The molecule has 1 aromatic carbocycles. The van der Waals surface area contributed by atoms with E-state index in [1.807, 2.05) is 31.1 Å². The van der Waals surface area contributed by atoms with Crippen LogP contribution in [-0.2, 0) is 4.79 Å². The molecule has 2 heterocycles. The van der Waals surface area contributed by atoms with E-state index in [4.69, 9.17) is 5.26 Å². The van der Waals surface area contributed by atoms with Crippen molar-refractivity contribution in [2.45, 2.75) is 12.3 Å². The fraction of sp³-hybridized carbons (Fsp3) is 0.294. The Hall–Kier alpha value is -2.56. The van der Waals surface area contributed by atoms with E-state index in [-0.39, 0.29) is 11.5 Å². The number of carbonyl (C=O) groups is 1. The van der Waals surface area contributed by atoms with Gasteiger partial charge in [-0.2, -0.15) is 5.26 Å². The van der Waals surface area contributed by atoms with Crippen molar-refractivity contribution >= 4 is 38.7 Å². The number of nitrogens with zero attached hydrogens (tertiary/aromatic N) is 3. The van der Waals surface area contributed by atoms with E-state index >= 15 is 0 Å². The predicted octanol–water partition coefficient (Wildman–Crippen LogP) is 2.24. The van der Waals surface area contributed by atoms with Crippen molar-refractivity contribution in [3.05, 3.63) is 39.1 Å². The van der Waals surface area contributed by atoms with E-state index in [9.17, 15) is 9.59 Å². The van der Waals surface area contributed by atoms with Gasteiger partial charge in [0.05, 0.1) is 21.7 Å². The third-order valence-corrected chi connectivity index (χ3v) is 5.04. The molecule has 6 nitrogen and oxygen atoms in total.